The summed E-state index contributed by atoms with van der Waals surface area (Å²) in [5.74, 6) is 0.0265. The van der Waals surface area contributed by atoms with E-state index in [0.717, 1.165) is 5.56 Å². The number of hydrogen-bond acceptors (Lipinski definition) is 8. The molecule has 0 saturated carbocycles. The highest BCUT2D eigenvalue weighted by atomic mass is 16.5. The summed E-state index contributed by atoms with van der Waals surface area (Å²) in [5.41, 5.74) is 2.12. The van der Waals surface area contributed by atoms with Crippen LogP contribution in [0, 0.1) is 0 Å². The van der Waals surface area contributed by atoms with E-state index in [0.29, 0.717) is 54.0 Å². The third-order valence-electron chi connectivity index (χ3n) is 7.33. The highest BCUT2D eigenvalue weighted by molar-refractivity contribution is 5.96. The lowest BCUT2D eigenvalue weighted by atomic mass is 9.77. The molecule has 1 aliphatic heterocycles. The summed E-state index contributed by atoms with van der Waals surface area (Å²) < 4.78 is 17.0. The number of methoxy groups -OCH3 is 2. The molecule has 4 unspecified atom stereocenters. The van der Waals surface area contributed by atoms with Crippen LogP contribution in [0.4, 0.5) is 0 Å². The molecule has 4 atom stereocenters. The number of ether oxygens (including phenoxy) is 3. The van der Waals surface area contributed by atoms with Gasteiger partial charge in [0.25, 0.3) is 0 Å². The molecule has 2 aliphatic rings. The Morgan fingerprint density at radius 1 is 1.18 bits per heavy atom. The number of benzene rings is 2. The number of nitrogens with one attached hydrogen (secondary N) is 1. The lowest BCUT2D eigenvalue weighted by Crippen LogP contribution is -2.56. The molecular formula is C30H36N2O8. The van der Waals surface area contributed by atoms with Gasteiger partial charge >= 0.3 is 0 Å². The first-order valence-electron chi connectivity index (χ1n) is 13.4. The third-order valence-corrected chi connectivity index (χ3v) is 7.33. The molecule has 10 heteroatoms. The van der Waals surface area contributed by atoms with Gasteiger partial charge < -0.3 is 34.6 Å². The third kappa shape index (κ3) is 5.83. The summed E-state index contributed by atoms with van der Waals surface area (Å²) in [7, 11) is 3.04. The second-order valence-corrected chi connectivity index (χ2v) is 9.84. The average molecular weight is 553 g/mol. The second kappa shape index (κ2) is 13.0. The van der Waals surface area contributed by atoms with Crippen molar-refractivity contribution in [1.29, 1.82) is 0 Å². The fraction of sp³-hybridized carbons (Fsp3) is 0.433. The van der Waals surface area contributed by atoms with E-state index in [-0.39, 0.29) is 31.1 Å². The van der Waals surface area contributed by atoms with Crippen LogP contribution >= 0.6 is 0 Å². The average Bonchev–Trinajstić information content (AvgIpc) is 3.36. The van der Waals surface area contributed by atoms with Gasteiger partial charge in [-0.2, -0.15) is 0 Å². The van der Waals surface area contributed by atoms with E-state index in [2.05, 4.69) is 5.32 Å². The van der Waals surface area contributed by atoms with Crippen LogP contribution in [0.3, 0.4) is 0 Å². The standard InChI is InChI=1S/C30H36N2O8/c1-4-6-25(35)32(11-9-18-7-5-8-20(13-18)38-2)23-16-22(30(37)31-10-12-33)26-21-14-19(17-34)15-24(39-3)28(21)40-29(26)27(23)36/h5,7-8,13-17,23,26-27,29,33,36H,4,6,9-12H2,1-3H3,(H,31,37). The summed E-state index contributed by atoms with van der Waals surface area (Å²) in [5, 5.41) is 23.7. The van der Waals surface area contributed by atoms with Gasteiger partial charge in [-0.05, 0) is 48.7 Å². The Labute approximate surface area is 233 Å². The van der Waals surface area contributed by atoms with Crippen LogP contribution in [0.1, 0.15) is 47.2 Å². The summed E-state index contributed by atoms with van der Waals surface area (Å²) in [6.45, 7) is 1.97. The van der Waals surface area contributed by atoms with Gasteiger partial charge in [-0.25, -0.2) is 0 Å². The van der Waals surface area contributed by atoms with Crippen molar-refractivity contribution in [3.63, 3.8) is 0 Å². The Balaban J connectivity index is 1.76. The maximum absolute atomic E-state index is 13.4. The van der Waals surface area contributed by atoms with Crippen molar-refractivity contribution >= 4 is 18.1 Å². The zero-order chi connectivity index (χ0) is 28.8. The van der Waals surface area contributed by atoms with Crippen LogP contribution in [0.25, 0.3) is 0 Å². The quantitative estimate of drug-likeness (QED) is 0.341. The lowest BCUT2D eigenvalue weighted by molar-refractivity contribution is -0.137. The predicted octanol–water partition coefficient (Wildman–Crippen LogP) is 2.01. The molecule has 214 valence electrons. The molecule has 40 heavy (non-hydrogen) atoms. The zero-order valence-corrected chi connectivity index (χ0v) is 23.0. The highest BCUT2D eigenvalue weighted by Crippen LogP contribution is 2.51. The molecule has 0 saturated heterocycles. The van der Waals surface area contributed by atoms with Crippen molar-refractivity contribution < 1.29 is 38.8 Å². The molecule has 0 radical (unpaired) electrons. The minimum Gasteiger partial charge on any atom is -0.497 e. The smallest absolute Gasteiger partial charge is 0.247 e. The molecule has 10 nitrogen and oxygen atoms in total. The van der Waals surface area contributed by atoms with E-state index in [1.165, 1.54) is 13.2 Å². The second-order valence-electron chi connectivity index (χ2n) is 9.84. The van der Waals surface area contributed by atoms with Gasteiger partial charge in [0.05, 0.1) is 32.8 Å². The van der Waals surface area contributed by atoms with E-state index in [1.807, 2.05) is 31.2 Å². The van der Waals surface area contributed by atoms with Crippen LogP contribution in [-0.4, -0.2) is 85.4 Å². The number of carbonyl (C=O) groups is 3. The minimum absolute atomic E-state index is 0.0283. The van der Waals surface area contributed by atoms with Gasteiger partial charge in [0.15, 0.2) is 11.5 Å². The molecular weight excluding hydrogens is 516 g/mol. The molecule has 0 aromatic heterocycles. The van der Waals surface area contributed by atoms with E-state index in [1.54, 1.807) is 24.2 Å². The molecule has 2 aromatic rings. The van der Waals surface area contributed by atoms with Gasteiger partial charge in [0, 0.05) is 36.2 Å². The molecule has 3 N–H and O–H groups in total. The zero-order valence-electron chi connectivity index (χ0n) is 23.0. The maximum atomic E-state index is 13.4. The normalized spacial score (nSPS) is 20.9. The molecule has 2 aromatic carbocycles. The fourth-order valence-electron chi connectivity index (χ4n) is 5.43. The van der Waals surface area contributed by atoms with E-state index in [9.17, 15) is 24.6 Å². The van der Waals surface area contributed by atoms with Gasteiger partial charge in [-0.3, -0.25) is 14.4 Å². The first-order valence-corrected chi connectivity index (χ1v) is 13.4. The van der Waals surface area contributed by atoms with Gasteiger partial charge in [0.2, 0.25) is 11.8 Å². The van der Waals surface area contributed by atoms with Gasteiger partial charge in [0.1, 0.15) is 24.2 Å². The molecule has 2 amide bonds. The number of amides is 2. The SMILES string of the molecule is CCCC(=O)N(CCc1cccc(OC)c1)C1C=C(C(=O)NCCO)C2c3cc(C=O)cc(OC)c3OC2C1O. The molecule has 0 bridgehead atoms. The van der Waals surface area contributed by atoms with Crippen LogP contribution in [-0.2, 0) is 16.0 Å². The van der Waals surface area contributed by atoms with Crippen LogP contribution in [0.5, 0.6) is 17.2 Å². The number of carbonyl (C=O) groups excluding carboxylic acids is 3. The van der Waals surface area contributed by atoms with Crippen molar-refractivity contribution in [1.82, 2.24) is 10.2 Å². The molecule has 1 aliphatic carbocycles. The molecule has 1 heterocycles. The van der Waals surface area contributed by atoms with Crippen LogP contribution < -0.4 is 19.5 Å². The summed E-state index contributed by atoms with van der Waals surface area (Å²) in [4.78, 5) is 40.0. The van der Waals surface area contributed by atoms with Crippen molar-refractivity contribution in [2.24, 2.45) is 0 Å². The molecule has 0 fully saturated rings. The Kier molecular flexibility index (Phi) is 9.44. The topological polar surface area (TPSA) is 135 Å². The Morgan fingerprint density at radius 3 is 2.65 bits per heavy atom. The monoisotopic (exact) mass is 552 g/mol. The first-order chi connectivity index (χ1) is 19.4. The minimum atomic E-state index is -1.18. The number of nitrogens with zero attached hydrogens (tertiary/aromatic N) is 1. The van der Waals surface area contributed by atoms with Crippen molar-refractivity contribution in [3.05, 3.63) is 64.7 Å². The summed E-state index contributed by atoms with van der Waals surface area (Å²) in [6, 6.07) is 9.86. The number of aliphatic hydroxyl groups is 2. The molecule has 4 rings (SSSR count). The Morgan fingerprint density at radius 2 is 1.98 bits per heavy atom. The van der Waals surface area contributed by atoms with Gasteiger partial charge in [-0.1, -0.05) is 19.1 Å². The van der Waals surface area contributed by atoms with E-state index >= 15 is 0 Å². The van der Waals surface area contributed by atoms with Gasteiger partial charge in [-0.15, -0.1) is 0 Å². The largest absolute Gasteiger partial charge is 0.497 e. The fourth-order valence-corrected chi connectivity index (χ4v) is 5.43. The number of rotatable bonds is 12. The van der Waals surface area contributed by atoms with Crippen molar-refractivity contribution in [3.8, 4) is 17.2 Å². The number of aliphatic hydroxyl groups excluding tert-OH is 2. The molecule has 0 spiro atoms. The van der Waals surface area contributed by atoms with Crippen LogP contribution in [0.15, 0.2) is 48.0 Å². The van der Waals surface area contributed by atoms with E-state index in [4.69, 9.17) is 14.2 Å². The summed E-state index contributed by atoms with van der Waals surface area (Å²) in [6.07, 6.45) is 1.60. The summed E-state index contributed by atoms with van der Waals surface area (Å²) >= 11 is 0. The Hall–Kier alpha value is -3.89. The lowest BCUT2D eigenvalue weighted by Gasteiger charge is -2.41. The maximum Gasteiger partial charge on any atom is 0.247 e. The van der Waals surface area contributed by atoms with Crippen molar-refractivity contribution in [2.45, 2.75) is 50.4 Å². The first kappa shape index (κ1) is 29.1. The number of fused-ring (bicyclic) bond motifs is 3. The number of hydrogen-bond donors (Lipinski definition) is 3. The van der Waals surface area contributed by atoms with E-state index < -0.39 is 30.1 Å². The Bertz CT molecular complexity index is 1280. The number of aldehydes is 1. The van der Waals surface area contributed by atoms with Crippen molar-refractivity contribution in [2.75, 3.05) is 33.9 Å². The predicted molar refractivity (Wildman–Crippen MR) is 147 cm³/mol. The van der Waals surface area contributed by atoms with Crippen LogP contribution in [0.2, 0.25) is 0 Å². The highest BCUT2D eigenvalue weighted by Gasteiger charge is 2.51.